The molecule has 1 aromatic carbocycles. The highest BCUT2D eigenvalue weighted by Gasteiger charge is 2.26. The van der Waals surface area contributed by atoms with Gasteiger partial charge in [-0.2, -0.15) is 0 Å². The topological polar surface area (TPSA) is 46.3 Å². The zero-order valence-corrected chi connectivity index (χ0v) is 12.5. The molecule has 0 spiro atoms. The molecule has 1 heterocycles. The van der Waals surface area contributed by atoms with Crippen LogP contribution in [0, 0.1) is 0 Å². The molecule has 0 aliphatic carbocycles. The van der Waals surface area contributed by atoms with E-state index in [-0.39, 0.29) is 5.91 Å². The van der Waals surface area contributed by atoms with E-state index in [0.717, 1.165) is 44.2 Å². The van der Waals surface area contributed by atoms with Crippen LogP contribution < -0.4 is 5.73 Å². The van der Waals surface area contributed by atoms with Gasteiger partial charge in [-0.25, -0.2) is 0 Å². The summed E-state index contributed by atoms with van der Waals surface area (Å²) in [6.45, 7) is 3.75. The minimum atomic E-state index is 0.197. The van der Waals surface area contributed by atoms with Crippen LogP contribution in [0.5, 0.6) is 0 Å². The molecule has 3 nitrogen and oxygen atoms in total. The number of nitrogens with two attached hydrogens (primary N) is 1. The van der Waals surface area contributed by atoms with E-state index in [1.165, 1.54) is 12.0 Å². The molecule has 1 unspecified atom stereocenters. The number of carbonyl (C=O) groups excluding carboxylic acids is 1. The first kappa shape index (κ1) is 15.0. The maximum absolute atomic E-state index is 12.7. The largest absolute Gasteiger partial charge is 0.336 e. The number of nitrogens with zero attached hydrogens (tertiary/aromatic N) is 1. The summed E-state index contributed by atoms with van der Waals surface area (Å²) in [5, 5.41) is 0. The van der Waals surface area contributed by atoms with Crippen molar-refractivity contribution in [3.8, 4) is 0 Å². The van der Waals surface area contributed by atoms with Crippen LogP contribution in [-0.2, 0) is 6.42 Å². The highest BCUT2D eigenvalue weighted by atomic mass is 16.2. The molecule has 20 heavy (non-hydrogen) atoms. The maximum atomic E-state index is 12.7. The fourth-order valence-electron chi connectivity index (χ4n) is 3.05. The predicted molar refractivity (Wildman–Crippen MR) is 82.8 cm³/mol. The van der Waals surface area contributed by atoms with Crippen molar-refractivity contribution in [3.05, 3.63) is 35.4 Å². The number of benzene rings is 1. The summed E-state index contributed by atoms with van der Waals surface area (Å²) < 4.78 is 0. The third-order valence-electron chi connectivity index (χ3n) is 4.14. The van der Waals surface area contributed by atoms with Crippen molar-refractivity contribution in [2.75, 3.05) is 13.1 Å². The van der Waals surface area contributed by atoms with Crippen molar-refractivity contribution < 1.29 is 4.79 Å². The van der Waals surface area contributed by atoms with Gasteiger partial charge in [0.2, 0.25) is 0 Å². The number of hydrogen-bond acceptors (Lipinski definition) is 2. The molecule has 0 bridgehead atoms. The van der Waals surface area contributed by atoms with Crippen LogP contribution in [0.25, 0.3) is 0 Å². The normalized spacial score (nSPS) is 19.1. The van der Waals surface area contributed by atoms with E-state index < -0.39 is 0 Å². The molecule has 0 aromatic heterocycles. The van der Waals surface area contributed by atoms with Crippen LogP contribution in [0.2, 0.25) is 0 Å². The summed E-state index contributed by atoms with van der Waals surface area (Å²) in [6, 6.07) is 8.39. The van der Waals surface area contributed by atoms with Gasteiger partial charge in [0.05, 0.1) is 0 Å². The van der Waals surface area contributed by atoms with Gasteiger partial charge in [0.15, 0.2) is 0 Å². The Morgan fingerprint density at radius 2 is 2.05 bits per heavy atom. The lowest BCUT2D eigenvalue weighted by molar-refractivity contribution is 0.0600. The maximum Gasteiger partial charge on any atom is 0.254 e. The zero-order valence-electron chi connectivity index (χ0n) is 12.5. The van der Waals surface area contributed by atoms with Gasteiger partial charge < -0.3 is 10.6 Å². The van der Waals surface area contributed by atoms with Gasteiger partial charge in [0.25, 0.3) is 5.91 Å². The van der Waals surface area contributed by atoms with Gasteiger partial charge in [-0.1, -0.05) is 25.5 Å². The molecule has 1 aliphatic rings. The number of carbonyl (C=O) groups is 1. The van der Waals surface area contributed by atoms with Crippen molar-refractivity contribution in [1.29, 1.82) is 0 Å². The minimum absolute atomic E-state index is 0.197. The molecule has 3 heteroatoms. The summed E-state index contributed by atoms with van der Waals surface area (Å²) in [4.78, 5) is 14.7. The molecular weight excluding hydrogens is 248 g/mol. The van der Waals surface area contributed by atoms with Crippen LogP contribution in [-0.4, -0.2) is 29.9 Å². The summed E-state index contributed by atoms with van der Waals surface area (Å²) >= 11 is 0. The molecule has 1 amide bonds. The highest BCUT2D eigenvalue weighted by molar-refractivity contribution is 5.94. The van der Waals surface area contributed by atoms with Gasteiger partial charge in [0.1, 0.15) is 0 Å². The Morgan fingerprint density at radius 1 is 1.30 bits per heavy atom. The van der Waals surface area contributed by atoms with Crippen LogP contribution in [0.1, 0.15) is 54.9 Å². The summed E-state index contributed by atoms with van der Waals surface area (Å²) in [5.74, 6) is 0.197. The molecular formula is C17H26N2O. The molecule has 1 atom stereocenters. The fraction of sp³-hybridized carbons (Fsp3) is 0.588. The van der Waals surface area contributed by atoms with Crippen molar-refractivity contribution in [2.45, 2.75) is 51.5 Å². The lowest BCUT2D eigenvalue weighted by Gasteiger charge is -2.36. The second-order valence-electron chi connectivity index (χ2n) is 5.67. The fourth-order valence-corrected chi connectivity index (χ4v) is 3.05. The number of rotatable bonds is 5. The number of piperidine rings is 1. The van der Waals surface area contributed by atoms with Crippen molar-refractivity contribution in [1.82, 2.24) is 4.90 Å². The molecule has 0 saturated carbocycles. The Labute approximate surface area is 122 Å². The number of likely N-dealkylation sites (tertiary alicyclic amines) is 1. The van der Waals surface area contributed by atoms with Gasteiger partial charge in [-0.15, -0.1) is 0 Å². The van der Waals surface area contributed by atoms with E-state index in [2.05, 4.69) is 11.8 Å². The standard InChI is InChI=1S/C17H26N2O/c1-2-5-16-6-3-4-13-19(16)17(20)15-9-7-14(8-10-15)11-12-18/h7-10,16H,2-6,11-13,18H2,1H3. The molecule has 2 N–H and O–H groups in total. The van der Waals surface area contributed by atoms with Gasteiger partial charge in [-0.3, -0.25) is 4.79 Å². The van der Waals surface area contributed by atoms with E-state index >= 15 is 0 Å². The van der Waals surface area contributed by atoms with Crippen LogP contribution >= 0.6 is 0 Å². The van der Waals surface area contributed by atoms with Crippen LogP contribution in [0.15, 0.2) is 24.3 Å². The second kappa shape index (κ2) is 7.44. The Kier molecular flexibility index (Phi) is 5.60. The Morgan fingerprint density at radius 3 is 2.70 bits per heavy atom. The van der Waals surface area contributed by atoms with Crippen molar-refractivity contribution in [3.63, 3.8) is 0 Å². The van der Waals surface area contributed by atoms with E-state index in [4.69, 9.17) is 5.73 Å². The molecule has 0 radical (unpaired) electrons. The molecule has 1 aromatic rings. The molecule has 1 fully saturated rings. The van der Waals surface area contributed by atoms with E-state index in [9.17, 15) is 4.79 Å². The Bertz CT molecular complexity index is 425. The van der Waals surface area contributed by atoms with Gasteiger partial charge in [0, 0.05) is 18.2 Å². The van der Waals surface area contributed by atoms with E-state index in [1.807, 2.05) is 24.3 Å². The first-order chi connectivity index (χ1) is 9.76. The smallest absolute Gasteiger partial charge is 0.254 e. The van der Waals surface area contributed by atoms with E-state index in [1.54, 1.807) is 0 Å². The number of amides is 1. The first-order valence-electron chi connectivity index (χ1n) is 7.86. The predicted octanol–water partition coefficient (Wildman–Crippen LogP) is 2.98. The summed E-state index contributed by atoms with van der Waals surface area (Å²) in [5.41, 5.74) is 7.57. The summed E-state index contributed by atoms with van der Waals surface area (Å²) in [6.07, 6.45) is 6.68. The first-order valence-corrected chi connectivity index (χ1v) is 7.86. The average Bonchev–Trinajstić information content (AvgIpc) is 2.49. The molecule has 1 saturated heterocycles. The Hall–Kier alpha value is -1.35. The van der Waals surface area contributed by atoms with Crippen LogP contribution in [0.4, 0.5) is 0 Å². The molecule has 110 valence electrons. The third-order valence-corrected chi connectivity index (χ3v) is 4.14. The quantitative estimate of drug-likeness (QED) is 0.897. The third kappa shape index (κ3) is 3.60. The molecule has 1 aliphatic heterocycles. The summed E-state index contributed by atoms with van der Waals surface area (Å²) in [7, 11) is 0. The number of hydrogen-bond donors (Lipinski definition) is 1. The minimum Gasteiger partial charge on any atom is -0.336 e. The lowest BCUT2D eigenvalue weighted by Crippen LogP contribution is -2.43. The monoisotopic (exact) mass is 274 g/mol. The van der Waals surface area contributed by atoms with Gasteiger partial charge in [-0.05, 0) is 56.3 Å². The Balaban J connectivity index is 2.08. The van der Waals surface area contributed by atoms with Crippen molar-refractivity contribution in [2.24, 2.45) is 5.73 Å². The van der Waals surface area contributed by atoms with Crippen LogP contribution in [0.3, 0.4) is 0 Å². The zero-order chi connectivity index (χ0) is 14.4. The van der Waals surface area contributed by atoms with Crippen molar-refractivity contribution >= 4 is 5.91 Å². The SMILES string of the molecule is CCCC1CCCCN1C(=O)c1ccc(CCN)cc1. The lowest BCUT2D eigenvalue weighted by atomic mass is 9.97. The average molecular weight is 274 g/mol. The molecule has 2 rings (SSSR count). The highest BCUT2D eigenvalue weighted by Crippen LogP contribution is 2.23. The van der Waals surface area contributed by atoms with Gasteiger partial charge >= 0.3 is 0 Å². The van der Waals surface area contributed by atoms with E-state index in [0.29, 0.717) is 12.6 Å². The second-order valence-corrected chi connectivity index (χ2v) is 5.67.